The number of carbonyl (C=O) groups is 2. The Balaban J connectivity index is 2.68. The lowest BCUT2D eigenvalue weighted by Crippen LogP contribution is -2.42. The first kappa shape index (κ1) is 15.1. The third-order valence-corrected chi connectivity index (χ3v) is 2.94. The quantitative estimate of drug-likeness (QED) is 0.670. The summed E-state index contributed by atoms with van der Waals surface area (Å²) in [5.41, 5.74) is 0.0380. The number of amides is 1. The molecule has 0 spiro atoms. The molecule has 4 nitrogen and oxygen atoms in total. The Morgan fingerprint density at radius 2 is 2.00 bits per heavy atom. The number of benzene rings is 1. The topological polar surface area (TPSA) is 55.4 Å². The SMILES string of the molecule is COC(=O)C(C)(C)C(=O)NCc1ccc(F)c(C)c1. The van der Waals surface area contributed by atoms with Gasteiger partial charge in [0.2, 0.25) is 5.91 Å². The summed E-state index contributed by atoms with van der Waals surface area (Å²) in [5, 5.41) is 2.64. The van der Waals surface area contributed by atoms with Crippen LogP contribution in [0.4, 0.5) is 4.39 Å². The predicted molar refractivity (Wildman–Crippen MR) is 68.8 cm³/mol. The van der Waals surface area contributed by atoms with E-state index in [2.05, 4.69) is 10.1 Å². The number of hydrogen-bond acceptors (Lipinski definition) is 3. The van der Waals surface area contributed by atoms with Crippen LogP contribution in [0.3, 0.4) is 0 Å². The van der Waals surface area contributed by atoms with Crippen LogP contribution in [0.2, 0.25) is 0 Å². The average Bonchev–Trinajstić information content (AvgIpc) is 2.38. The Morgan fingerprint density at radius 3 is 2.53 bits per heavy atom. The van der Waals surface area contributed by atoms with Crippen molar-refractivity contribution in [2.24, 2.45) is 5.41 Å². The molecule has 1 rings (SSSR count). The Morgan fingerprint density at radius 1 is 1.37 bits per heavy atom. The lowest BCUT2D eigenvalue weighted by atomic mass is 9.92. The van der Waals surface area contributed by atoms with Gasteiger partial charge in [-0.05, 0) is 38.0 Å². The van der Waals surface area contributed by atoms with Crippen LogP contribution in [0.15, 0.2) is 18.2 Å². The highest BCUT2D eigenvalue weighted by Crippen LogP contribution is 2.17. The molecule has 0 saturated heterocycles. The van der Waals surface area contributed by atoms with Gasteiger partial charge >= 0.3 is 5.97 Å². The fourth-order valence-corrected chi connectivity index (χ4v) is 1.57. The van der Waals surface area contributed by atoms with Crippen molar-refractivity contribution in [3.05, 3.63) is 35.1 Å². The molecule has 0 fully saturated rings. The highest BCUT2D eigenvalue weighted by Gasteiger charge is 2.36. The molecule has 1 aromatic carbocycles. The molecular formula is C14H18FNO3. The van der Waals surface area contributed by atoms with E-state index in [4.69, 9.17) is 0 Å². The van der Waals surface area contributed by atoms with Gasteiger partial charge in [-0.15, -0.1) is 0 Å². The van der Waals surface area contributed by atoms with E-state index < -0.39 is 17.3 Å². The largest absolute Gasteiger partial charge is 0.468 e. The maximum absolute atomic E-state index is 13.1. The van der Waals surface area contributed by atoms with Gasteiger partial charge in [0.25, 0.3) is 0 Å². The molecule has 1 N–H and O–H groups in total. The van der Waals surface area contributed by atoms with E-state index in [1.54, 1.807) is 19.1 Å². The molecule has 0 heterocycles. The summed E-state index contributed by atoms with van der Waals surface area (Å²) in [4.78, 5) is 23.4. The second-order valence-corrected chi connectivity index (χ2v) is 4.88. The zero-order chi connectivity index (χ0) is 14.6. The van der Waals surface area contributed by atoms with Gasteiger partial charge in [0.15, 0.2) is 0 Å². The van der Waals surface area contributed by atoms with Crippen molar-refractivity contribution in [1.82, 2.24) is 5.32 Å². The molecule has 0 aliphatic carbocycles. The van der Waals surface area contributed by atoms with Crippen molar-refractivity contribution >= 4 is 11.9 Å². The van der Waals surface area contributed by atoms with E-state index in [0.717, 1.165) is 5.56 Å². The zero-order valence-corrected chi connectivity index (χ0v) is 11.5. The maximum atomic E-state index is 13.1. The molecule has 0 unspecified atom stereocenters. The fraction of sp³-hybridized carbons (Fsp3) is 0.429. The summed E-state index contributed by atoms with van der Waals surface area (Å²) in [6.45, 7) is 4.87. The second kappa shape index (κ2) is 5.82. The van der Waals surface area contributed by atoms with Gasteiger partial charge in [0.05, 0.1) is 7.11 Å². The number of nitrogens with one attached hydrogen (secondary N) is 1. The number of halogens is 1. The van der Waals surface area contributed by atoms with E-state index in [1.807, 2.05) is 0 Å². The van der Waals surface area contributed by atoms with Crippen molar-refractivity contribution in [3.63, 3.8) is 0 Å². The minimum Gasteiger partial charge on any atom is -0.468 e. The highest BCUT2D eigenvalue weighted by molar-refractivity contribution is 6.01. The monoisotopic (exact) mass is 267 g/mol. The molecule has 0 bridgehead atoms. The molecule has 0 aromatic heterocycles. The van der Waals surface area contributed by atoms with Gasteiger partial charge in [-0.3, -0.25) is 9.59 Å². The number of ether oxygens (including phenoxy) is 1. The van der Waals surface area contributed by atoms with Gasteiger partial charge in [0.1, 0.15) is 11.2 Å². The molecule has 0 radical (unpaired) electrons. The summed E-state index contributed by atoms with van der Waals surface area (Å²) in [5.74, 6) is -1.31. The van der Waals surface area contributed by atoms with Crippen molar-refractivity contribution in [2.75, 3.05) is 7.11 Å². The molecule has 104 valence electrons. The van der Waals surface area contributed by atoms with E-state index in [-0.39, 0.29) is 12.4 Å². The Hall–Kier alpha value is -1.91. The molecule has 5 heteroatoms. The van der Waals surface area contributed by atoms with Crippen LogP contribution in [-0.4, -0.2) is 19.0 Å². The third-order valence-electron chi connectivity index (χ3n) is 2.94. The lowest BCUT2D eigenvalue weighted by Gasteiger charge is -2.20. The number of carbonyl (C=O) groups excluding carboxylic acids is 2. The van der Waals surface area contributed by atoms with E-state index in [1.165, 1.54) is 27.0 Å². The highest BCUT2D eigenvalue weighted by atomic mass is 19.1. The first-order chi connectivity index (χ1) is 8.78. The van der Waals surface area contributed by atoms with E-state index in [0.29, 0.717) is 5.56 Å². The molecule has 0 saturated carbocycles. The minimum absolute atomic E-state index is 0.236. The standard InChI is InChI=1S/C14H18FNO3/c1-9-7-10(5-6-11(9)15)8-16-12(17)14(2,3)13(18)19-4/h5-7H,8H2,1-4H3,(H,16,17). The molecule has 0 atom stereocenters. The zero-order valence-electron chi connectivity index (χ0n) is 11.5. The summed E-state index contributed by atoms with van der Waals surface area (Å²) in [6, 6.07) is 4.59. The third kappa shape index (κ3) is 3.53. The molecule has 0 aliphatic heterocycles. The van der Waals surface area contributed by atoms with Crippen molar-refractivity contribution in [2.45, 2.75) is 27.3 Å². The Bertz CT molecular complexity index is 497. The Labute approximate surface area is 112 Å². The van der Waals surface area contributed by atoms with E-state index in [9.17, 15) is 14.0 Å². The maximum Gasteiger partial charge on any atom is 0.320 e. The van der Waals surface area contributed by atoms with Crippen LogP contribution in [0.1, 0.15) is 25.0 Å². The van der Waals surface area contributed by atoms with Crippen LogP contribution in [-0.2, 0) is 20.9 Å². The summed E-state index contributed by atoms with van der Waals surface area (Å²) in [7, 11) is 1.24. The smallest absolute Gasteiger partial charge is 0.320 e. The molecule has 1 amide bonds. The van der Waals surface area contributed by atoms with Gasteiger partial charge in [-0.25, -0.2) is 4.39 Å². The summed E-state index contributed by atoms with van der Waals surface area (Å²) < 4.78 is 17.7. The van der Waals surface area contributed by atoms with Gasteiger partial charge in [-0.1, -0.05) is 12.1 Å². The van der Waals surface area contributed by atoms with Crippen LogP contribution in [0, 0.1) is 18.2 Å². The predicted octanol–water partition coefficient (Wildman–Crippen LogP) is 1.95. The van der Waals surface area contributed by atoms with Gasteiger partial charge in [-0.2, -0.15) is 0 Å². The van der Waals surface area contributed by atoms with Gasteiger partial charge in [0, 0.05) is 6.54 Å². The fourth-order valence-electron chi connectivity index (χ4n) is 1.57. The number of esters is 1. The number of rotatable bonds is 4. The normalized spacial score (nSPS) is 11.0. The van der Waals surface area contributed by atoms with Crippen LogP contribution < -0.4 is 5.32 Å². The van der Waals surface area contributed by atoms with Crippen LogP contribution >= 0.6 is 0 Å². The number of methoxy groups -OCH3 is 1. The summed E-state index contributed by atoms with van der Waals surface area (Å²) in [6.07, 6.45) is 0. The second-order valence-electron chi connectivity index (χ2n) is 4.88. The first-order valence-corrected chi connectivity index (χ1v) is 5.90. The van der Waals surface area contributed by atoms with Crippen molar-refractivity contribution in [1.29, 1.82) is 0 Å². The molecule has 0 aliphatic rings. The van der Waals surface area contributed by atoms with Gasteiger partial charge < -0.3 is 10.1 Å². The molecule has 19 heavy (non-hydrogen) atoms. The minimum atomic E-state index is -1.25. The first-order valence-electron chi connectivity index (χ1n) is 5.90. The van der Waals surface area contributed by atoms with E-state index >= 15 is 0 Å². The molecular weight excluding hydrogens is 249 g/mol. The number of hydrogen-bond donors (Lipinski definition) is 1. The lowest BCUT2D eigenvalue weighted by molar-refractivity contribution is -0.156. The summed E-state index contributed by atoms with van der Waals surface area (Å²) >= 11 is 0. The van der Waals surface area contributed by atoms with Crippen molar-refractivity contribution < 1.29 is 18.7 Å². The average molecular weight is 267 g/mol. The van der Waals surface area contributed by atoms with Crippen LogP contribution in [0.25, 0.3) is 0 Å². The number of aryl methyl sites for hydroxylation is 1. The van der Waals surface area contributed by atoms with Crippen molar-refractivity contribution in [3.8, 4) is 0 Å². The Kier molecular flexibility index (Phi) is 4.64. The van der Waals surface area contributed by atoms with Crippen LogP contribution in [0.5, 0.6) is 0 Å². The molecule has 1 aromatic rings.